The first-order chi connectivity index (χ1) is 20.1. The quantitative estimate of drug-likeness (QED) is 0.113. The number of carbonyl (C=O) groups is 2. The molecule has 4 aromatic carbocycles. The third kappa shape index (κ3) is 6.60. The number of hydrogen-bond acceptors (Lipinski definition) is 6. The van der Waals surface area contributed by atoms with Crippen LogP contribution in [0.25, 0.3) is 44.8 Å². The topological polar surface area (TPSA) is 71.1 Å². The number of benzene rings is 4. The van der Waals surface area contributed by atoms with E-state index in [0.29, 0.717) is 13.2 Å². The molecule has 0 aromatic heterocycles. The van der Waals surface area contributed by atoms with E-state index in [-0.39, 0.29) is 18.7 Å². The molecule has 5 rings (SSSR count). The van der Waals surface area contributed by atoms with E-state index in [2.05, 4.69) is 26.0 Å². The lowest BCUT2D eigenvalue weighted by Crippen LogP contribution is -2.03. The zero-order valence-corrected chi connectivity index (χ0v) is 23.5. The first-order valence-electron chi connectivity index (χ1n) is 14.2. The monoisotopic (exact) mass is 550 g/mol. The fourth-order valence-corrected chi connectivity index (χ4v) is 4.84. The van der Waals surface area contributed by atoms with E-state index in [0.717, 1.165) is 81.0 Å². The van der Waals surface area contributed by atoms with Crippen molar-refractivity contribution < 1.29 is 28.5 Å². The van der Waals surface area contributed by atoms with Crippen molar-refractivity contribution in [3.63, 3.8) is 0 Å². The van der Waals surface area contributed by atoms with Crippen molar-refractivity contribution in [1.29, 1.82) is 0 Å². The average molecular weight is 551 g/mol. The molecule has 0 unspecified atom stereocenters. The zero-order chi connectivity index (χ0) is 28.6. The number of unbranched alkanes of at least 4 members (excludes halogenated alkanes) is 2. The van der Waals surface area contributed by atoms with Crippen molar-refractivity contribution >= 4 is 45.6 Å². The second kappa shape index (κ2) is 13.2. The molecule has 41 heavy (non-hydrogen) atoms. The first-order valence-corrected chi connectivity index (χ1v) is 14.2. The van der Waals surface area contributed by atoms with Crippen LogP contribution in [0.2, 0.25) is 0 Å². The molecule has 4 aromatic rings. The molecule has 210 valence electrons. The molecule has 0 amide bonds. The second-order valence-electron chi connectivity index (χ2n) is 9.95. The molecule has 0 saturated carbocycles. The summed E-state index contributed by atoms with van der Waals surface area (Å²) in [6, 6.07) is 20.1. The van der Waals surface area contributed by atoms with Gasteiger partial charge in [-0.3, -0.25) is 0 Å². The number of hydrogen-bond donors (Lipinski definition) is 0. The van der Waals surface area contributed by atoms with Crippen molar-refractivity contribution in [1.82, 2.24) is 0 Å². The van der Waals surface area contributed by atoms with Gasteiger partial charge in [-0.1, -0.05) is 63.1 Å². The molecule has 0 N–H and O–H groups in total. The minimum absolute atomic E-state index is 0.110. The van der Waals surface area contributed by atoms with E-state index < -0.39 is 0 Å². The standard InChI is InChI=1S/C35H34O6/c1-3-5-19-38-32(36)17-9-24-7-13-28-26(21-24)11-15-30-34(28)35-29-14-8-25(10-18-33(37)39-20-6-4-2)22-27(29)12-16-31(35)41-23-40-30/h7-18,21-22H,3-6,19-20,23H2,1-2H3/b17-9+,18-10+. The fourth-order valence-electron chi connectivity index (χ4n) is 4.84. The molecule has 0 radical (unpaired) electrons. The number of ether oxygens (including phenoxy) is 4. The average Bonchev–Trinajstić information content (AvgIpc) is 3.18. The van der Waals surface area contributed by atoms with Gasteiger partial charge in [0.15, 0.2) is 0 Å². The van der Waals surface area contributed by atoms with E-state index in [4.69, 9.17) is 18.9 Å². The molecule has 0 aliphatic carbocycles. The highest BCUT2D eigenvalue weighted by atomic mass is 16.7. The third-order valence-corrected chi connectivity index (χ3v) is 7.00. The smallest absolute Gasteiger partial charge is 0.330 e. The Hall–Kier alpha value is -4.58. The van der Waals surface area contributed by atoms with Gasteiger partial charge in [0.05, 0.1) is 13.2 Å². The van der Waals surface area contributed by atoms with Gasteiger partial charge in [0, 0.05) is 23.3 Å². The van der Waals surface area contributed by atoms with Gasteiger partial charge >= 0.3 is 11.9 Å². The molecule has 1 aliphatic rings. The molecule has 0 fully saturated rings. The van der Waals surface area contributed by atoms with Gasteiger partial charge in [-0.15, -0.1) is 0 Å². The maximum absolute atomic E-state index is 12.0. The van der Waals surface area contributed by atoms with Crippen molar-refractivity contribution in [2.45, 2.75) is 39.5 Å². The first kappa shape index (κ1) is 28.0. The number of fused-ring (bicyclic) bond motifs is 7. The van der Waals surface area contributed by atoms with E-state index in [9.17, 15) is 9.59 Å². The van der Waals surface area contributed by atoms with E-state index in [1.807, 2.05) is 48.5 Å². The molecular formula is C35H34O6. The molecule has 0 saturated heterocycles. The Balaban J connectivity index is 1.49. The lowest BCUT2D eigenvalue weighted by Gasteiger charge is -2.14. The molecular weight excluding hydrogens is 516 g/mol. The van der Waals surface area contributed by atoms with Gasteiger partial charge in [-0.05, 0) is 81.9 Å². The summed E-state index contributed by atoms with van der Waals surface area (Å²) in [5, 5.41) is 4.06. The Bertz CT molecular complexity index is 1510. The van der Waals surface area contributed by atoms with Gasteiger partial charge in [-0.2, -0.15) is 0 Å². The minimum atomic E-state index is -0.339. The number of rotatable bonds is 10. The lowest BCUT2D eigenvalue weighted by molar-refractivity contribution is -0.138. The Labute approximate surface area is 240 Å². The van der Waals surface area contributed by atoms with Crippen molar-refractivity contribution in [2.24, 2.45) is 0 Å². The summed E-state index contributed by atoms with van der Waals surface area (Å²) in [4.78, 5) is 24.1. The van der Waals surface area contributed by atoms with Gasteiger partial charge in [0.1, 0.15) is 11.5 Å². The summed E-state index contributed by atoms with van der Waals surface area (Å²) in [6.45, 7) is 5.09. The predicted molar refractivity (Wildman–Crippen MR) is 163 cm³/mol. The van der Waals surface area contributed by atoms with Crippen LogP contribution in [0.15, 0.2) is 72.8 Å². The van der Waals surface area contributed by atoms with Crippen molar-refractivity contribution in [3.05, 3.63) is 83.9 Å². The van der Waals surface area contributed by atoms with E-state index in [1.54, 1.807) is 12.2 Å². The SMILES string of the molecule is CCCCOC(=O)/C=C/c1ccc2c3c(ccc2c1)OCOc1ccc2cc(/C=C/C(=O)OCCCC)ccc2c1-3. The van der Waals surface area contributed by atoms with Gasteiger partial charge in [-0.25, -0.2) is 9.59 Å². The summed E-state index contributed by atoms with van der Waals surface area (Å²) in [7, 11) is 0. The lowest BCUT2D eigenvalue weighted by atomic mass is 9.91. The van der Waals surface area contributed by atoms with Crippen LogP contribution in [0.3, 0.4) is 0 Å². The normalized spacial score (nSPS) is 12.5. The molecule has 1 aliphatic heterocycles. The summed E-state index contributed by atoms with van der Waals surface area (Å²) in [5.74, 6) is 0.804. The van der Waals surface area contributed by atoms with Crippen molar-refractivity contribution in [2.75, 3.05) is 20.0 Å². The largest absolute Gasteiger partial charge is 0.463 e. The van der Waals surface area contributed by atoms with Gasteiger partial charge in [0.2, 0.25) is 6.79 Å². The van der Waals surface area contributed by atoms with Crippen LogP contribution in [0.5, 0.6) is 11.5 Å². The Morgan fingerprint density at radius 1 is 0.683 bits per heavy atom. The molecule has 6 heteroatoms. The maximum Gasteiger partial charge on any atom is 0.330 e. The molecule has 6 nitrogen and oxygen atoms in total. The summed E-state index contributed by atoms with van der Waals surface area (Å²) in [6.07, 6.45) is 10.2. The highest BCUT2D eigenvalue weighted by Crippen LogP contribution is 2.47. The van der Waals surface area contributed by atoms with E-state index >= 15 is 0 Å². The van der Waals surface area contributed by atoms with Crippen LogP contribution in [0.1, 0.15) is 50.7 Å². The van der Waals surface area contributed by atoms with Crippen molar-refractivity contribution in [3.8, 4) is 22.6 Å². The van der Waals surface area contributed by atoms with Crippen LogP contribution < -0.4 is 9.47 Å². The highest BCUT2D eigenvalue weighted by molar-refractivity contribution is 6.10. The fraction of sp³-hybridized carbons (Fsp3) is 0.257. The Morgan fingerprint density at radius 3 is 1.59 bits per heavy atom. The van der Waals surface area contributed by atoms with Gasteiger partial charge < -0.3 is 18.9 Å². The predicted octanol–water partition coefficient (Wildman–Crippen LogP) is 8.10. The Kier molecular flexibility index (Phi) is 8.99. The number of carbonyl (C=O) groups excluding carboxylic acids is 2. The Morgan fingerprint density at radius 2 is 1.15 bits per heavy atom. The molecule has 0 atom stereocenters. The van der Waals surface area contributed by atoms with Crippen LogP contribution in [-0.4, -0.2) is 31.9 Å². The van der Waals surface area contributed by atoms with Crippen LogP contribution in [0, 0.1) is 0 Å². The van der Waals surface area contributed by atoms with Crippen LogP contribution in [-0.2, 0) is 19.1 Å². The van der Waals surface area contributed by atoms with Crippen LogP contribution in [0.4, 0.5) is 0 Å². The molecule has 0 spiro atoms. The maximum atomic E-state index is 12.0. The van der Waals surface area contributed by atoms with Crippen LogP contribution >= 0.6 is 0 Å². The molecule has 1 heterocycles. The summed E-state index contributed by atoms with van der Waals surface area (Å²) in [5.41, 5.74) is 3.72. The third-order valence-electron chi connectivity index (χ3n) is 7.00. The van der Waals surface area contributed by atoms with Gasteiger partial charge in [0.25, 0.3) is 0 Å². The number of esters is 2. The minimum Gasteiger partial charge on any atom is -0.463 e. The summed E-state index contributed by atoms with van der Waals surface area (Å²) < 4.78 is 22.5. The summed E-state index contributed by atoms with van der Waals surface area (Å²) >= 11 is 0. The second-order valence-corrected chi connectivity index (χ2v) is 9.95. The van der Waals surface area contributed by atoms with E-state index in [1.165, 1.54) is 12.2 Å². The molecule has 0 bridgehead atoms. The zero-order valence-electron chi connectivity index (χ0n) is 23.5. The highest BCUT2D eigenvalue weighted by Gasteiger charge is 2.22.